The van der Waals surface area contributed by atoms with Crippen LogP contribution in [-0.4, -0.2) is 0 Å². The number of hydrogen-bond acceptors (Lipinski definition) is 0. The molecule has 5 heavy (non-hydrogen) atoms. The molecule has 2 radical (unpaired) electrons. The summed E-state index contributed by atoms with van der Waals surface area (Å²) in [4.78, 5) is 0. The predicted molar refractivity (Wildman–Crippen MR) is 24.5 cm³/mol. The highest BCUT2D eigenvalue weighted by molar-refractivity contribution is 4.66. The molecule has 0 rings (SSSR count). The second-order valence-electron chi connectivity index (χ2n) is 1.31. The van der Waals surface area contributed by atoms with E-state index in [0.717, 1.165) is 0 Å². The van der Waals surface area contributed by atoms with Crippen molar-refractivity contribution in [2.75, 3.05) is 0 Å². The van der Waals surface area contributed by atoms with Crippen LogP contribution in [0.1, 0.15) is 13.8 Å². The van der Waals surface area contributed by atoms with E-state index in [-0.39, 0.29) is 0 Å². The normalized spacial score (nSPS) is 9.60. The highest BCUT2D eigenvalue weighted by atomic mass is 13.9. The Hall–Kier alpha value is 0. The van der Waals surface area contributed by atoms with Crippen molar-refractivity contribution in [1.82, 2.24) is 0 Å². The van der Waals surface area contributed by atoms with Gasteiger partial charge in [-0.1, -0.05) is 20.8 Å². The second-order valence-corrected chi connectivity index (χ2v) is 1.31. The van der Waals surface area contributed by atoms with Crippen LogP contribution in [0.3, 0.4) is 0 Å². The van der Waals surface area contributed by atoms with Gasteiger partial charge in [-0.25, -0.2) is 0 Å². The molecule has 0 saturated carbocycles. The summed E-state index contributed by atoms with van der Waals surface area (Å²) in [5, 5.41) is 0. The summed E-state index contributed by atoms with van der Waals surface area (Å²) in [7, 11) is 0. The Morgan fingerprint density at radius 3 is 2.00 bits per heavy atom. The quantitative estimate of drug-likeness (QED) is 0.440. The molecule has 0 bridgehead atoms. The van der Waals surface area contributed by atoms with E-state index < -0.39 is 0 Å². The Balaban J connectivity index is 2.54. The summed E-state index contributed by atoms with van der Waals surface area (Å²) < 4.78 is 0. The van der Waals surface area contributed by atoms with Crippen molar-refractivity contribution in [2.45, 2.75) is 13.8 Å². The molecule has 0 aliphatic carbocycles. The van der Waals surface area contributed by atoms with Crippen molar-refractivity contribution in [3.63, 3.8) is 0 Å². The summed E-state index contributed by atoms with van der Waals surface area (Å²) in [5.41, 5.74) is 0. The molecule has 0 aliphatic heterocycles. The van der Waals surface area contributed by atoms with Crippen LogP contribution >= 0.6 is 0 Å². The average molecular weight is 70.1 g/mol. The maximum Gasteiger partial charge on any atom is -0.0389 e. The van der Waals surface area contributed by atoms with Crippen LogP contribution < -0.4 is 0 Å². The first kappa shape index (κ1) is 5.00. The summed E-state index contributed by atoms with van der Waals surface area (Å²) in [6.07, 6.45) is 2.06. The fraction of sp³-hybridized carbons (Fsp3) is 0.600. The van der Waals surface area contributed by atoms with Crippen LogP contribution in [0, 0.1) is 19.3 Å². The Kier molecular flexibility index (Phi) is 2.25. The lowest BCUT2D eigenvalue weighted by Crippen LogP contribution is -1.79. The van der Waals surface area contributed by atoms with Gasteiger partial charge in [-0.05, 0) is 12.3 Å². The van der Waals surface area contributed by atoms with Crippen LogP contribution in [0.15, 0.2) is 0 Å². The Labute approximate surface area is 34.2 Å². The van der Waals surface area contributed by atoms with Crippen LogP contribution in [0.2, 0.25) is 0 Å². The van der Waals surface area contributed by atoms with Gasteiger partial charge in [0.25, 0.3) is 0 Å². The van der Waals surface area contributed by atoms with Crippen molar-refractivity contribution < 1.29 is 0 Å². The van der Waals surface area contributed by atoms with Gasteiger partial charge in [-0.3, -0.25) is 0 Å². The van der Waals surface area contributed by atoms with E-state index in [0.29, 0.717) is 5.92 Å². The zero-order valence-electron chi connectivity index (χ0n) is 3.86. The Morgan fingerprint density at radius 2 is 2.00 bits per heavy atom. The highest BCUT2D eigenvalue weighted by Gasteiger charge is 1.80. The lowest BCUT2D eigenvalue weighted by Gasteiger charge is -1.89. The van der Waals surface area contributed by atoms with E-state index >= 15 is 0 Å². The molecule has 0 heterocycles. The van der Waals surface area contributed by atoms with E-state index in [9.17, 15) is 0 Å². The van der Waals surface area contributed by atoms with Gasteiger partial charge >= 0.3 is 0 Å². The molecule has 0 nitrogen and oxygen atoms in total. The molecule has 0 saturated heterocycles. The fourth-order valence-corrected chi connectivity index (χ4v) is 0. The first-order valence-corrected chi connectivity index (χ1v) is 1.90. The largest absolute Gasteiger partial charge is 0.0622 e. The second kappa shape index (κ2) is 2.25. The third-order valence-corrected chi connectivity index (χ3v) is 0.569. The van der Waals surface area contributed by atoms with Gasteiger partial charge < -0.3 is 0 Å². The molecule has 0 amide bonds. The van der Waals surface area contributed by atoms with Crippen LogP contribution in [0.25, 0.3) is 0 Å². The molecule has 0 heteroatoms. The van der Waals surface area contributed by atoms with E-state index in [1.54, 1.807) is 0 Å². The number of rotatable bonds is 1. The first-order valence-electron chi connectivity index (χ1n) is 1.90. The first-order chi connectivity index (χ1) is 2.27. The molecule has 0 fully saturated rings. The molecular weight excluding hydrogens is 60.1 g/mol. The lowest BCUT2D eigenvalue weighted by atomic mass is 10.2. The molecule has 30 valence electrons. The zero-order chi connectivity index (χ0) is 4.28. The minimum atomic E-state index is 0.509. The fourth-order valence-electron chi connectivity index (χ4n) is 0. The van der Waals surface area contributed by atoms with Crippen molar-refractivity contribution in [3.05, 3.63) is 13.3 Å². The molecule has 0 aliphatic rings. The van der Waals surface area contributed by atoms with Gasteiger partial charge in [0.2, 0.25) is 0 Å². The smallest absolute Gasteiger partial charge is 0.0389 e. The van der Waals surface area contributed by atoms with Crippen molar-refractivity contribution in [3.8, 4) is 0 Å². The van der Waals surface area contributed by atoms with E-state index in [1.165, 1.54) is 0 Å². The Bertz CT molecular complexity index is 14.0. The van der Waals surface area contributed by atoms with Gasteiger partial charge in [0.15, 0.2) is 0 Å². The van der Waals surface area contributed by atoms with Crippen molar-refractivity contribution in [1.29, 1.82) is 0 Å². The molecule has 0 N–H and O–H groups in total. The van der Waals surface area contributed by atoms with Crippen molar-refractivity contribution in [2.24, 2.45) is 5.92 Å². The monoisotopic (exact) mass is 70.1 g/mol. The minimum Gasteiger partial charge on any atom is -0.0622 e. The number of hydrogen-bond donors (Lipinski definition) is 0. The maximum atomic E-state index is 3.70. The summed E-state index contributed by atoms with van der Waals surface area (Å²) >= 11 is 0. The minimum absolute atomic E-state index is 0.509. The van der Waals surface area contributed by atoms with Crippen LogP contribution in [-0.2, 0) is 0 Å². The average Bonchev–Trinajstić information content (AvgIpc) is 1.38. The predicted octanol–water partition coefficient (Wildman–Crippen LogP) is 1.68. The van der Waals surface area contributed by atoms with E-state index in [2.05, 4.69) is 20.3 Å². The third kappa shape index (κ3) is 4.00. The van der Waals surface area contributed by atoms with Gasteiger partial charge in [0.05, 0.1) is 0 Å². The summed E-state index contributed by atoms with van der Waals surface area (Å²) in [5.74, 6) is 0.509. The molecule has 0 spiro atoms. The summed E-state index contributed by atoms with van der Waals surface area (Å²) in [6, 6.07) is 0. The molecular formula is C5H10. The lowest BCUT2D eigenvalue weighted by molar-refractivity contribution is 0.851. The van der Waals surface area contributed by atoms with E-state index in [4.69, 9.17) is 0 Å². The molecule has 0 aromatic heterocycles. The van der Waals surface area contributed by atoms with E-state index in [1.807, 2.05) is 6.92 Å². The maximum absolute atomic E-state index is 3.70. The van der Waals surface area contributed by atoms with Gasteiger partial charge in [0, 0.05) is 0 Å². The Morgan fingerprint density at radius 1 is 1.80 bits per heavy atom. The topological polar surface area (TPSA) is 0 Å². The standard InChI is InChI=1S/C5H10/c1-4-5(2)3/h4-5H,2H2,1,3H3/t5-/m0/s1. The van der Waals surface area contributed by atoms with Crippen molar-refractivity contribution >= 4 is 0 Å². The third-order valence-electron chi connectivity index (χ3n) is 0.569. The van der Waals surface area contributed by atoms with Gasteiger partial charge in [-0.2, -0.15) is 0 Å². The molecule has 0 unspecified atom stereocenters. The SMILES string of the molecule is [CH2][C@@H](C)[CH]C. The highest BCUT2D eigenvalue weighted by Crippen LogP contribution is 1.91. The molecule has 0 aromatic rings. The molecule has 1 atom stereocenters. The van der Waals surface area contributed by atoms with Gasteiger partial charge in [0.1, 0.15) is 0 Å². The van der Waals surface area contributed by atoms with Crippen LogP contribution in [0.4, 0.5) is 0 Å². The van der Waals surface area contributed by atoms with Gasteiger partial charge in [-0.15, -0.1) is 0 Å². The molecule has 0 aromatic carbocycles. The zero-order valence-corrected chi connectivity index (χ0v) is 3.86. The van der Waals surface area contributed by atoms with Crippen LogP contribution in [0.5, 0.6) is 0 Å². The summed E-state index contributed by atoms with van der Waals surface area (Å²) in [6.45, 7) is 7.77.